The zero-order chi connectivity index (χ0) is 19.7. The molecule has 1 aromatic heterocycles. The second kappa shape index (κ2) is 7.87. The molecule has 0 unspecified atom stereocenters. The smallest absolute Gasteiger partial charge is 0.239 e. The van der Waals surface area contributed by atoms with E-state index in [2.05, 4.69) is 53.0 Å². The van der Waals surface area contributed by atoms with Crippen LogP contribution >= 0.6 is 0 Å². The number of aromatic nitrogens is 2. The lowest BCUT2D eigenvalue weighted by atomic mass is 10.0. The average molecular weight is 380 g/mol. The summed E-state index contributed by atoms with van der Waals surface area (Å²) in [4.78, 5) is 26.1. The Morgan fingerprint density at radius 3 is 2.61 bits per heavy atom. The van der Waals surface area contributed by atoms with Gasteiger partial charge >= 0.3 is 0 Å². The van der Waals surface area contributed by atoms with Crippen molar-refractivity contribution in [3.63, 3.8) is 0 Å². The lowest BCUT2D eigenvalue weighted by Gasteiger charge is -2.37. The van der Waals surface area contributed by atoms with Crippen molar-refractivity contribution in [2.24, 2.45) is 5.73 Å². The molecule has 1 saturated heterocycles. The molecule has 1 aliphatic carbocycles. The first-order chi connectivity index (χ1) is 13.5. The molecular weight excluding hydrogens is 350 g/mol. The molecule has 2 aromatic rings. The normalized spacial score (nSPS) is 20.2. The number of aryl methyl sites for hydroxylation is 2. The summed E-state index contributed by atoms with van der Waals surface area (Å²) in [7, 11) is 0. The van der Waals surface area contributed by atoms with Crippen molar-refractivity contribution in [1.82, 2.24) is 14.9 Å². The van der Waals surface area contributed by atoms with Crippen molar-refractivity contribution in [1.29, 1.82) is 0 Å². The summed E-state index contributed by atoms with van der Waals surface area (Å²) in [6.07, 6.45) is 4.45. The van der Waals surface area contributed by atoms with Gasteiger partial charge in [-0.3, -0.25) is 4.79 Å². The van der Waals surface area contributed by atoms with Gasteiger partial charge in [-0.25, -0.2) is 9.97 Å². The van der Waals surface area contributed by atoms with E-state index in [1.54, 1.807) is 6.33 Å². The molecule has 6 nitrogen and oxygen atoms in total. The second-order valence-corrected chi connectivity index (χ2v) is 8.11. The van der Waals surface area contributed by atoms with E-state index in [4.69, 9.17) is 5.73 Å². The number of anilines is 1. The summed E-state index contributed by atoms with van der Waals surface area (Å²) in [6, 6.07) is 7.74. The fourth-order valence-corrected chi connectivity index (χ4v) is 4.31. The van der Waals surface area contributed by atoms with Crippen molar-refractivity contribution in [3.8, 4) is 0 Å². The van der Waals surface area contributed by atoms with Gasteiger partial charge in [0.1, 0.15) is 12.1 Å². The van der Waals surface area contributed by atoms with Crippen LogP contribution in [0.3, 0.4) is 0 Å². The first kappa shape index (κ1) is 18.9. The van der Waals surface area contributed by atoms with Gasteiger partial charge in [-0.1, -0.05) is 36.8 Å². The van der Waals surface area contributed by atoms with E-state index in [1.165, 1.54) is 16.8 Å². The second-order valence-electron chi connectivity index (χ2n) is 8.11. The van der Waals surface area contributed by atoms with Crippen molar-refractivity contribution < 1.29 is 4.79 Å². The summed E-state index contributed by atoms with van der Waals surface area (Å²) in [5.41, 5.74) is 11.0. The van der Waals surface area contributed by atoms with Crippen LogP contribution in [0.4, 0.5) is 5.82 Å². The van der Waals surface area contributed by atoms with Gasteiger partial charge in [-0.15, -0.1) is 0 Å². The monoisotopic (exact) mass is 379 g/mol. The van der Waals surface area contributed by atoms with Gasteiger partial charge in [-0.2, -0.15) is 0 Å². The Morgan fingerprint density at radius 1 is 1.18 bits per heavy atom. The third-order valence-corrected chi connectivity index (χ3v) is 6.04. The average Bonchev–Trinajstić information content (AvgIpc) is 3.10. The van der Waals surface area contributed by atoms with E-state index < -0.39 is 6.04 Å². The van der Waals surface area contributed by atoms with Crippen LogP contribution in [-0.4, -0.2) is 53.0 Å². The van der Waals surface area contributed by atoms with Gasteiger partial charge in [-0.05, 0) is 37.7 Å². The molecule has 1 aliphatic heterocycles. The predicted octanol–water partition coefficient (Wildman–Crippen LogP) is 2.05. The highest BCUT2D eigenvalue weighted by molar-refractivity contribution is 5.82. The van der Waals surface area contributed by atoms with Crippen LogP contribution in [-0.2, 0) is 17.6 Å². The molecule has 0 bridgehead atoms. The topological polar surface area (TPSA) is 75.4 Å². The van der Waals surface area contributed by atoms with Crippen LogP contribution in [0.25, 0.3) is 0 Å². The lowest BCUT2D eigenvalue weighted by molar-refractivity contribution is -0.132. The minimum absolute atomic E-state index is 0.0431. The summed E-state index contributed by atoms with van der Waals surface area (Å²) in [5, 5.41) is 0. The Labute approximate surface area is 166 Å². The van der Waals surface area contributed by atoms with Crippen LogP contribution in [0.15, 0.2) is 30.6 Å². The van der Waals surface area contributed by atoms with E-state index in [0.29, 0.717) is 25.4 Å². The van der Waals surface area contributed by atoms with Gasteiger partial charge < -0.3 is 15.5 Å². The predicted molar refractivity (Wildman–Crippen MR) is 110 cm³/mol. The zero-order valence-corrected chi connectivity index (χ0v) is 16.8. The summed E-state index contributed by atoms with van der Waals surface area (Å²) in [5.74, 6) is 1.61. The number of fused-ring (bicyclic) bond motifs is 1. The van der Waals surface area contributed by atoms with Gasteiger partial charge in [0.15, 0.2) is 0 Å². The molecule has 1 amide bonds. The van der Waals surface area contributed by atoms with E-state index in [-0.39, 0.29) is 5.91 Å². The maximum atomic E-state index is 12.8. The van der Waals surface area contributed by atoms with Gasteiger partial charge in [0, 0.05) is 37.4 Å². The van der Waals surface area contributed by atoms with Crippen molar-refractivity contribution >= 4 is 11.7 Å². The molecule has 6 heteroatoms. The van der Waals surface area contributed by atoms with Crippen LogP contribution in [0.2, 0.25) is 0 Å². The zero-order valence-electron chi connectivity index (χ0n) is 16.8. The number of nitrogens with two attached hydrogens (primary N) is 1. The quantitative estimate of drug-likeness (QED) is 0.880. The molecule has 1 fully saturated rings. The maximum absolute atomic E-state index is 12.8. The fourth-order valence-electron chi connectivity index (χ4n) is 4.31. The Kier molecular flexibility index (Phi) is 5.31. The molecule has 0 radical (unpaired) electrons. The molecule has 1 aromatic carbocycles. The highest BCUT2D eigenvalue weighted by Crippen LogP contribution is 2.37. The molecular formula is C22H29N5O. The van der Waals surface area contributed by atoms with E-state index in [9.17, 15) is 4.79 Å². The van der Waals surface area contributed by atoms with E-state index in [1.807, 2.05) is 4.90 Å². The molecule has 2 atom stereocenters. The molecule has 2 heterocycles. The third-order valence-electron chi connectivity index (χ3n) is 6.04. The number of piperazine rings is 1. The number of rotatable bonds is 4. The Hall–Kier alpha value is -2.47. The number of amides is 1. The minimum atomic E-state index is -0.488. The first-order valence-electron chi connectivity index (χ1n) is 10.2. The number of benzene rings is 1. The standard InChI is InChI=1S/C22H29N5O/c1-15-3-6-17(7-4-15)13-18(23)22(28)27-11-9-26(10-12-27)21-20-16(2)5-8-19(20)24-14-25-21/h3-4,6-7,14,16,18H,5,8-13,23H2,1-2H3/t16-,18-/m1/s1. The molecule has 0 spiro atoms. The first-order valence-corrected chi connectivity index (χ1v) is 10.2. The minimum Gasteiger partial charge on any atom is -0.353 e. The Morgan fingerprint density at radius 2 is 1.89 bits per heavy atom. The maximum Gasteiger partial charge on any atom is 0.239 e. The largest absolute Gasteiger partial charge is 0.353 e. The number of carbonyl (C=O) groups excluding carboxylic acids is 1. The summed E-state index contributed by atoms with van der Waals surface area (Å²) >= 11 is 0. The van der Waals surface area contributed by atoms with Gasteiger partial charge in [0.05, 0.1) is 6.04 Å². The van der Waals surface area contributed by atoms with Crippen LogP contribution < -0.4 is 10.6 Å². The fraction of sp³-hybridized carbons (Fsp3) is 0.500. The molecule has 28 heavy (non-hydrogen) atoms. The SMILES string of the molecule is Cc1ccc(C[C@@H](N)C(=O)N2CCN(c3ncnc4c3[C@H](C)CC4)CC2)cc1. The number of hydrogen-bond acceptors (Lipinski definition) is 5. The highest BCUT2D eigenvalue weighted by atomic mass is 16.2. The van der Waals surface area contributed by atoms with Crippen LogP contribution in [0.5, 0.6) is 0 Å². The van der Waals surface area contributed by atoms with Crippen molar-refractivity contribution in [3.05, 3.63) is 53.0 Å². The Balaban J connectivity index is 1.37. The Bertz CT molecular complexity index is 843. The molecule has 4 rings (SSSR count). The number of carbonyl (C=O) groups is 1. The number of nitrogens with zero attached hydrogens (tertiary/aromatic N) is 4. The van der Waals surface area contributed by atoms with E-state index >= 15 is 0 Å². The van der Waals surface area contributed by atoms with Crippen LogP contribution in [0, 0.1) is 6.92 Å². The third kappa shape index (κ3) is 3.74. The van der Waals surface area contributed by atoms with Gasteiger partial charge in [0.25, 0.3) is 0 Å². The summed E-state index contributed by atoms with van der Waals surface area (Å²) < 4.78 is 0. The van der Waals surface area contributed by atoms with E-state index in [0.717, 1.165) is 37.3 Å². The molecule has 0 saturated carbocycles. The van der Waals surface area contributed by atoms with Crippen molar-refractivity contribution in [2.45, 2.75) is 45.1 Å². The van der Waals surface area contributed by atoms with Gasteiger partial charge in [0.2, 0.25) is 5.91 Å². The molecule has 148 valence electrons. The number of hydrogen-bond donors (Lipinski definition) is 1. The highest BCUT2D eigenvalue weighted by Gasteiger charge is 2.30. The molecule has 2 aliphatic rings. The van der Waals surface area contributed by atoms with Crippen LogP contribution in [0.1, 0.15) is 41.6 Å². The molecule has 2 N–H and O–H groups in total. The lowest BCUT2D eigenvalue weighted by Crippen LogP contribution is -2.54. The van der Waals surface area contributed by atoms with Crippen molar-refractivity contribution in [2.75, 3.05) is 31.1 Å². The summed E-state index contributed by atoms with van der Waals surface area (Å²) in [6.45, 7) is 7.27.